The lowest BCUT2D eigenvalue weighted by Gasteiger charge is -2.19. The van der Waals surface area contributed by atoms with Crippen molar-refractivity contribution in [3.63, 3.8) is 0 Å². The Morgan fingerprint density at radius 2 is 0.780 bits per heavy atom. The first-order valence-electron chi connectivity index (χ1n) is 16.8. The van der Waals surface area contributed by atoms with Gasteiger partial charge < -0.3 is 33.7 Å². The maximum Gasteiger partial charge on any atom is 0.407 e. The number of alkyl carbamates (subject to hydrolysis) is 1. The van der Waals surface area contributed by atoms with Gasteiger partial charge >= 0.3 is 6.09 Å². The van der Waals surface area contributed by atoms with Crippen LogP contribution in [0.1, 0.15) is 130 Å². The van der Waals surface area contributed by atoms with Gasteiger partial charge in [0.2, 0.25) is 0 Å². The van der Waals surface area contributed by atoms with Crippen molar-refractivity contribution in [2.75, 3.05) is 72.6 Å². The summed E-state index contributed by atoms with van der Waals surface area (Å²) in [5.74, 6) is 0. The lowest BCUT2D eigenvalue weighted by molar-refractivity contribution is -0.0111. The molecule has 0 radical (unpaired) electrons. The lowest BCUT2D eigenvalue weighted by Crippen LogP contribution is -2.34. The van der Waals surface area contributed by atoms with Crippen molar-refractivity contribution < 1.29 is 33.2 Å². The van der Waals surface area contributed by atoms with Crippen LogP contribution in [0.5, 0.6) is 0 Å². The van der Waals surface area contributed by atoms with Crippen LogP contribution in [-0.4, -0.2) is 84.3 Å². The average molecular weight is 590 g/mol. The van der Waals surface area contributed by atoms with Gasteiger partial charge in [-0.25, -0.2) is 4.79 Å². The number of ether oxygens (including phenoxy) is 6. The summed E-state index contributed by atoms with van der Waals surface area (Å²) in [6.45, 7) is 13.8. The van der Waals surface area contributed by atoms with Gasteiger partial charge in [0, 0.05) is 13.2 Å². The van der Waals surface area contributed by atoms with E-state index in [1.54, 1.807) is 0 Å². The highest BCUT2D eigenvalue weighted by molar-refractivity contribution is 5.67. The van der Waals surface area contributed by atoms with Crippen molar-refractivity contribution in [1.82, 2.24) is 5.32 Å². The van der Waals surface area contributed by atoms with Crippen LogP contribution < -0.4 is 5.32 Å². The van der Waals surface area contributed by atoms with Gasteiger partial charge in [0.15, 0.2) is 0 Å². The molecule has 0 aliphatic heterocycles. The number of nitrogens with one attached hydrogen (secondary N) is 1. The first-order valence-corrected chi connectivity index (χ1v) is 16.8. The van der Waals surface area contributed by atoms with Crippen molar-refractivity contribution >= 4 is 6.09 Å². The minimum atomic E-state index is -0.494. The smallest absolute Gasteiger partial charge is 0.407 e. The van der Waals surface area contributed by atoms with Crippen molar-refractivity contribution in [2.45, 2.75) is 136 Å². The molecule has 1 amide bonds. The molecule has 0 aromatic carbocycles. The minimum Gasteiger partial charge on any atom is -0.444 e. The zero-order chi connectivity index (χ0) is 30.1. The summed E-state index contributed by atoms with van der Waals surface area (Å²) in [6, 6.07) is 0. The largest absolute Gasteiger partial charge is 0.444 e. The number of carbonyl (C=O) groups excluding carboxylic acids is 1. The van der Waals surface area contributed by atoms with Crippen molar-refractivity contribution in [1.29, 1.82) is 0 Å². The molecule has 0 unspecified atom stereocenters. The molecule has 0 spiro atoms. The molecule has 0 aliphatic carbocycles. The topological polar surface area (TPSA) is 84.5 Å². The third kappa shape index (κ3) is 37.0. The Bertz CT molecular complexity index is 528. The molecule has 0 aromatic heterocycles. The third-order valence-corrected chi connectivity index (χ3v) is 6.54. The van der Waals surface area contributed by atoms with Crippen LogP contribution in [-0.2, 0) is 28.4 Å². The zero-order valence-corrected chi connectivity index (χ0v) is 27.4. The molecule has 41 heavy (non-hydrogen) atoms. The first kappa shape index (κ1) is 40.1. The Morgan fingerprint density at radius 3 is 1.15 bits per heavy atom. The Labute approximate surface area is 253 Å². The monoisotopic (exact) mass is 589 g/mol. The van der Waals surface area contributed by atoms with E-state index in [1.165, 1.54) is 96.3 Å². The van der Waals surface area contributed by atoms with Crippen LogP contribution in [0.4, 0.5) is 4.79 Å². The van der Waals surface area contributed by atoms with E-state index < -0.39 is 11.7 Å². The van der Waals surface area contributed by atoms with Crippen LogP contribution in [0.3, 0.4) is 0 Å². The fraction of sp³-hybridized carbons (Fsp3) is 0.970. The molecule has 0 atom stereocenters. The fourth-order valence-corrected chi connectivity index (χ4v) is 4.27. The molecular formula is C33H67NO7. The van der Waals surface area contributed by atoms with Gasteiger partial charge in [-0.2, -0.15) is 0 Å². The number of hydrogen-bond acceptors (Lipinski definition) is 7. The highest BCUT2D eigenvalue weighted by Gasteiger charge is 2.15. The lowest BCUT2D eigenvalue weighted by atomic mass is 10.0. The van der Waals surface area contributed by atoms with Gasteiger partial charge in [0.1, 0.15) is 5.60 Å². The van der Waals surface area contributed by atoms with E-state index in [9.17, 15) is 4.79 Å². The van der Waals surface area contributed by atoms with E-state index >= 15 is 0 Å². The number of hydrogen-bond donors (Lipinski definition) is 1. The highest BCUT2D eigenvalue weighted by atomic mass is 16.6. The standard InChI is InChI=1S/C33H67NO7/c1-5-6-7-8-9-10-11-12-13-14-15-16-17-18-19-20-22-36-24-26-38-28-30-40-31-29-39-27-25-37-23-21-34-32(35)41-33(2,3)4/h5-31H2,1-4H3,(H,34,35). The Kier molecular flexibility index (Phi) is 31.3. The maximum atomic E-state index is 11.5. The summed E-state index contributed by atoms with van der Waals surface area (Å²) in [5, 5.41) is 2.65. The molecule has 0 saturated heterocycles. The van der Waals surface area contributed by atoms with Gasteiger partial charge in [-0.3, -0.25) is 0 Å². The highest BCUT2D eigenvalue weighted by Crippen LogP contribution is 2.13. The number of unbranched alkanes of at least 4 members (excludes halogenated alkanes) is 15. The second kappa shape index (κ2) is 32.0. The van der Waals surface area contributed by atoms with E-state index in [0.717, 1.165) is 13.0 Å². The summed E-state index contributed by atoms with van der Waals surface area (Å²) in [7, 11) is 0. The van der Waals surface area contributed by atoms with Crippen molar-refractivity contribution in [2.24, 2.45) is 0 Å². The van der Waals surface area contributed by atoms with Crippen LogP contribution in [0.25, 0.3) is 0 Å². The van der Waals surface area contributed by atoms with Crippen LogP contribution in [0, 0.1) is 0 Å². The first-order chi connectivity index (χ1) is 20.0. The second-order valence-electron chi connectivity index (χ2n) is 11.8. The second-order valence-corrected chi connectivity index (χ2v) is 11.8. The summed E-state index contributed by atoms with van der Waals surface area (Å²) in [4.78, 5) is 11.5. The van der Waals surface area contributed by atoms with E-state index in [2.05, 4.69) is 12.2 Å². The van der Waals surface area contributed by atoms with Gasteiger partial charge in [0.25, 0.3) is 0 Å². The average Bonchev–Trinajstić information content (AvgIpc) is 2.92. The minimum absolute atomic E-state index is 0.405. The molecule has 8 nitrogen and oxygen atoms in total. The molecule has 0 rings (SSSR count). The Balaban J connectivity index is 3.09. The van der Waals surface area contributed by atoms with Gasteiger partial charge in [-0.05, 0) is 27.2 Å². The zero-order valence-electron chi connectivity index (χ0n) is 27.4. The molecule has 8 heteroatoms. The van der Waals surface area contributed by atoms with E-state index in [1.807, 2.05) is 20.8 Å². The normalized spacial score (nSPS) is 11.7. The molecule has 0 aliphatic rings. The Morgan fingerprint density at radius 1 is 0.463 bits per heavy atom. The molecule has 0 bridgehead atoms. The van der Waals surface area contributed by atoms with Gasteiger partial charge in [0.05, 0.1) is 59.5 Å². The molecule has 0 heterocycles. The van der Waals surface area contributed by atoms with Gasteiger partial charge in [-0.1, -0.05) is 103 Å². The number of amides is 1. The van der Waals surface area contributed by atoms with Crippen LogP contribution >= 0.6 is 0 Å². The van der Waals surface area contributed by atoms with Gasteiger partial charge in [-0.15, -0.1) is 0 Å². The van der Waals surface area contributed by atoms with E-state index in [0.29, 0.717) is 66.0 Å². The molecule has 0 fully saturated rings. The molecule has 1 N–H and O–H groups in total. The summed E-state index contributed by atoms with van der Waals surface area (Å²) < 4.78 is 32.7. The SMILES string of the molecule is CCCCCCCCCCCCCCCCCCOCCOCCOCCOCCOCCNC(=O)OC(C)(C)C. The molecular weight excluding hydrogens is 522 g/mol. The van der Waals surface area contributed by atoms with E-state index in [4.69, 9.17) is 28.4 Å². The van der Waals surface area contributed by atoms with Crippen LogP contribution in [0.2, 0.25) is 0 Å². The summed E-state index contributed by atoms with van der Waals surface area (Å²) in [5.41, 5.74) is -0.494. The molecule has 0 saturated carbocycles. The quantitative estimate of drug-likeness (QED) is 0.0800. The summed E-state index contributed by atoms with van der Waals surface area (Å²) >= 11 is 0. The number of carbonyl (C=O) groups is 1. The van der Waals surface area contributed by atoms with Crippen LogP contribution in [0.15, 0.2) is 0 Å². The molecule has 0 aromatic rings. The maximum absolute atomic E-state index is 11.5. The predicted octanol–water partition coefficient (Wildman–Crippen LogP) is 7.86. The fourth-order valence-electron chi connectivity index (χ4n) is 4.27. The Hall–Kier alpha value is -0.930. The van der Waals surface area contributed by atoms with E-state index in [-0.39, 0.29) is 0 Å². The summed E-state index contributed by atoms with van der Waals surface area (Å²) in [6.07, 6.45) is 21.8. The molecule has 246 valence electrons. The third-order valence-electron chi connectivity index (χ3n) is 6.54. The number of rotatable bonds is 32. The van der Waals surface area contributed by atoms with Crippen molar-refractivity contribution in [3.05, 3.63) is 0 Å². The predicted molar refractivity (Wildman–Crippen MR) is 168 cm³/mol. The van der Waals surface area contributed by atoms with Crippen molar-refractivity contribution in [3.8, 4) is 0 Å².